The van der Waals surface area contributed by atoms with Crippen LogP contribution in [0.3, 0.4) is 0 Å². The van der Waals surface area contributed by atoms with Gasteiger partial charge >= 0.3 is 0 Å². The SMILES string of the molecule is CN1CC[C@@]23c4c5ccc(O)c4O[C@@H]2/C(=N/N=C2\CC[C@]4(O)[C@@H]6Cc7ccc(O)c8c7[C@]4(CCN6C)[C@@H]2O8)CC[C@]3(O)[C@@H]1C5. The van der Waals surface area contributed by atoms with Crippen molar-refractivity contribution >= 4 is 11.4 Å². The van der Waals surface area contributed by atoms with Crippen molar-refractivity contribution in [3.05, 3.63) is 46.5 Å². The molecule has 2 aromatic rings. The number of hydrogen-bond donors (Lipinski definition) is 4. The van der Waals surface area contributed by atoms with Crippen molar-refractivity contribution in [3.63, 3.8) is 0 Å². The summed E-state index contributed by atoms with van der Waals surface area (Å²) < 4.78 is 13.2. The summed E-state index contributed by atoms with van der Waals surface area (Å²) in [5.74, 6) is 1.17. The molecule has 8 aliphatic rings. The molecule has 0 radical (unpaired) electrons. The fraction of sp³-hybridized carbons (Fsp3) is 0.588. The normalized spacial score (nSPS) is 44.3. The molecular formula is C34H38N4O6. The van der Waals surface area contributed by atoms with Crippen LogP contribution in [0.1, 0.15) is 60.8 Å². The Balaban J connectivity index is 1.10. The van der Waals surface area contributed by atoms with Crippen molar-refractivity contribution in [1.82, 2.24) is 9.80 Å². The minimum atomic E-state index is -1.00. The average molecular weight is 599 g/mol. The number of phenolic OH excluding ortho intramolecular Hbond substituents is 2. The highest BCUT2D eigenvalue weighted by Crippen LogP contribution is 2.66. The Hall–Kier alpha value is -3.18. The van der Waals surface area contributed by atoms with Crippen LogP contribution in [0.2, 0.25) is 0 Å². The number of likely N-dealkylation sites (N-methyl/N-ethyl adjacent to an activating group) is 2. The number of rotatable bonds is 1. The Labute approximate surface area is 255 Å². The molecule has 44 heavy (non-hydrogen) atoms. The second-order valence-electron chi connectivity index (χ2n) is 14.8. The molecule has 8 atom stereocenters. The van der Waals surface area contributed by atoms with E-state index in [1.165, 1.54) is 0 Å². The molecule has 0 unspecified atom stereocenters. The van der Waals surface area contributed by atoms with Gasteiger partial charge in [-0.3, -0.25) is 0 Å². The number of benzene rings is 2. The van der Waals surface area contributed by atoms with Gasteiger partial charge in [-0.2, -0.15) is 10.2 Å². The fourth-order valence-electron chi connectivity index (χ4n) is 11.4. The van der Waals surface area contributed by atoms with Crippen LogP contribution in [-0.4, -0.2) is 104 Å². The van der Waals surface area contributed by atoms with Crippen LogP contribution in [0.25, 0.3) is 0 Å². The maximum atomic E-state index is 12.5. The third kappa shape index (κ3) is 2.61. The molecule has 0 amide bonds. The maximum absolute atomic E-state index is 12.5. The van der Waals surface area contributed by atoms with E-state index in [0.717, 1.165) is 59.6 Å². The Morgan fingerprint density at radius 3 is 1.55 bits per heavy atom. The Bertz CT molecular complexity index is 1620. The van der Waals surface area contributed by atoms with Crippen molar-refractivity contribution < 1.29 is 29.9 Å². The summed E-state index contributed by atoms with van der Waals surface area (Å²) in [5, 5.41) is 56.7. The molecule has 4 fully saturated rings. The number of hydrogen-bond acceptors (Lipinski definition) is 10. The average Bonchev–Trinajstić information content (AvgIpc) is 3.54. The van der Waals surface area contributed by atoms with Gasteiger partial charge in [0.05, 0.1) is 33.5 Å². The van der Waals surface area contributed by atoms with Gasteiger partial charge in [0.25, 0.3) is 0 Å². The van der Waals surface area contributed by atoms with Gasteiger partial charge in [0.1, 0.15) is 0 Å². The van der Waals surface area contributed by atoms with Crippen molar-refractivity contribution in [2.75, 3.05) is 27.2 Å². The molecule has 4 heterocycles. The Morgan fingerprint density at radius 2 is 1.11 bits per heavy atom. The lowest BCUT2D eigenvalue weighted by Gasteiger charge is -2.62. The van der Waals surface area contributed by atoms with Crippen LogP contribution in [0.4, 0.5) is 0 Å². The second-order valence-corrected chi connectivity index (χ2v) is 14.8. The largest absolute Gasteiger partial charge is 0.504 e. The maximum Gasteiger partial charge on any atom is 0.166 e. The molecule has 2 saturated carbocycles. The number of phenols is 2. The number of aromatic hydroxyl groups is 2. The number of aliphatic hydroxyl groups is 2. The lowest BCUT2D eigenvalue weighted by molar-refractivity contribution is -0.161. The van der Waals surface area contributed by atoms with Crippen molar-refractivity contribution in [1.29, 1.82) is 0 Å². The van der Waals surface area contributed by atoms with E-state index in [1.54, 1.807) is 12.1 Å². The van der Waals surface area contributed by atoms with Gasteiger partial charge in [-0.05, 0) is 102 Å². The molecular weight excluding hydrogens is 560 g/mol. The monoisotopic (exact) mass is 598 g/mol. The molecule has 10 rings (SSSR count). The van der Waals surface area contributed by atoms with E-state index in [4.69, 9.17) is 19.7 Å². The first-order valence-electron chi connectivity index (χ1n) is 16.2. The summed E-state index contributed by atoms with van der Waals surface area (Å²) in [6.07, 6.45) is 3.95. The third-order valence-electron chi connectivity index (χ3n) is 13.4. The minimum absolute atomic E-state index is 0.0377. The van der Waals surface area contributed by atoms with Gasteiger partial charge in [-0.15, -0.1) is 0 Å². The lowest BCUT2D eigenvalue weighted by Crippen LogP contribution is -2.76. The third-order valence-corrected chi connectivity index (χ3v) is 13.4. The van der Waals surface area contributed by atoms with Crippen LogP contribution in [0.15, 0.2) is 34.5 Å². The van der Waals surface area contributed by atoms with Gasteiger partial charge in [-0.1, -0.05) is 12.1 Å². The predicted molar refractivity (Wildman–Crippen MR) is 161 cm³/mol. The Morgan fingerprint density at radius 1 is 0.682 bits per heavy atom. The minimum Gasteiger partial charge on any atom is -0.504 e. The summed E-state index contributed by atoms with van der Waals surface area (Å²) in [7, 11) is 4.18. The second kappa shape index (κ2) is 7.96. The number of piperidine rings is 2. The smallest absolute Gasteiger partial charge is 0.166 e. The van der Waals surface area contributed by atoms with Crippen molar-refractivity contribution in [2.24, 2.45) is 10.2 Å². The molecule has 2 saturated heterocycles. The number of ether oxygens (including phenoxy) is 2. The van der Waals surface area contributed by atoms with Gasteiger partial charge in [0, 0.05) is 23.2 Å². The molecule has 4 aliphatic carbocycles. The zero-order valence-corrected chi connectivity index (χ0v) is 25.1. The molecule has 4 aliphatic heterocycles. The molecule has 4 bridgehead atoms. The van der Waals surface area contributed by atoms with Gasteiger partial charge in [0.15, 0.2) is 35.2 Å². The zero-order chi connectivity index (χ0) is 30.0. The van der Waals surface area contributed by atoms with E-state index in [-0.39, 0.29) is 23.6 Å². The van der Waals surface area contributed by atoms with Crippen molar-refractivity contribution in [3.8, 4) is 23.0 Å². The summed E-state index contributed by atoms with van der Waals surface area (Å²) in [4.78, 5) is 4.55. The summed E-state index contributed by atoms with van der Waals surface area (Å²) in [6, 6.07) is 7.31. The lowest BCUT2D eigenvalue weighted by atomic mass is 9.49. The van der Waals surface area contributed by atoms with Crippen LogP contribution >= 0.6 is 0 Å². The first-order valence-corrected chi connectivity index (χ1v) is 16.2. The zero-order valence-electron chi connectivity index (χ0n) is 25.1. The van der Waals surface area contributed by atoms with E-state index in [1.807, 2.05) is 12.1 Å². The molecule has 10 heteroatoms. The molecule has 0 aromatic heterocycles. The topological polar surface area (TPSA) is 131 Å². The summed E-state index contributed by atoms with van der Waals surface area (Å²) in [5.41, 5.74) is 2.31. The van der Waals surface area contributed by atoms with Crippen LogP contribution in [0.5, 0.6) is 23.0 Å². The molecule has 4 N–H and O–H groups in total. The first kappa shape index (κ1) is 26.1. The van der Waals surface area contributed by atoms with Gasteiger partial charge < -0.3 is 39.7 Å². The highest BCUT2D eigenvalue weighted by Gasteiger charge is 2.74. The highest BCUT2D eigenvalue weighted by atomic mass is 16.5. The highest BCUT2D eigenvalue weighted by molar-refractivity contribution is 5.97. The number of nitrogens with zero attached hydrogens (tertiary/aromatic N) is 4. The van der Waals surface area contributed by atoms with Crippen LogP contribution in [-0.2, 0) is 23.7 Å². The molecule has 230 valence electrons. The Kier molecular flexibility index (Phi) is 4.72. The quantitative estimate of drug-likeness (QED) is 0.368. The summed E-state index contributed by atoms with van der Waals surface area (Å²) >= 11 is 0. The summed E-state index contributed by atoms with van der Waals surface area (Å²) in [6.45, 7) is 1.64. The van der Waals surface area contributed by atoms with Crippen LogP contribution in [0, 0.1) is 0 Å². The first-order chi connectivity index (χ1) is 21.1. The van der Waals surface area contributed by atoms with E-state index < -0.39 is 34.2 Å². The molecule has 2 spiro atoms. The van der Waals surface area contributed by atoms with Crippen LogP contribution < -0.4 is 9.47 Å². The molecule has 2 aromatic carbocycles. The van der Waals surface area contributed by atoms with E-state index in [0.29, 0.717) is 50.0 Å². The van der Waals surface area contributed by atoms with Crippen molar-refractivity contribution in [2.45, 2.75) is 97.7 Å². The van der Waals surface area contributed by atoms with E-state index >= 15 is 0 Å². The number of likely N-dealkylation sites (tertiary alicyclic amines) is 2. The van der Waals surface area contributed by atoms with Gasteiger partial charge in [0.2, 0.25) is 0 Å². The van der Waals surface area contributed by atoms with E-state index in [2.05, 4.69) is 23.9 Å². The standard InChI is InChI=1S/C34H38N4O6/c1-37-13-11-31-25-17-3-5-21(39)27(25)43-29(31)19(7-9-33(31,41)23(37)15-17)35-36-20-8-10-34(42)24-16-18-4-6-22(40)28-26(18)32(34,30(20)44-28)12-14-38(24)2/h3-6,23-24,29-30,39-42H,7-16H2,1-2H3/b35-19+,36-20+/t23-,24-,29+,30+,31+,32+,33-,34-/m0/s1. The van der Waals surface area contributed by atoms with E-state index in [9.17, 15) is 20.4 Å². The molecule has 10 nitrogen and oxygen atoms in total. The fourth-order valence-corrected chi connectivity index (χ4v) is 11.4. The predicted octanol–water partition coefficient (Wildman–Crippen LogP) is 2.16. The van der Waals surface area contributed by atoms with Gasteiger partial charge in [-0.25, -0.2) is 0 Å².